The number of rotatable bonds is 5. The molecule has 1 rings (SSSR count). The van der Waals surface area contributed by atoms with Gasteiger partial charge in [-0.2, -0.15) is 13.2 Å². The van der Waals surface area contributed by atoms with Gasteiger partial charge < -0.3 is 10.4 Å². The zero-order chi connectivity index (χ0) is 13.8. The molecule has 0 amide bonds. The van der Waals surface area contributed by atoms with Crippen molar-refractivity contribution >= 4 is 11.4 Å². The maximum Gasteiger partial charge on any atom is 0.391 e. The maximum atomic E-state index is 12.1. The van der Waals surface area contributed by atoms with Gasteiger partial charge in [-0.05, 0) is 12.1 Å². The molecule has 0 radical (unpaired) electrons. The van der Waals surface area contributed by atoms with Crippen LogP contribution in [0.15, 0.2) is 24.3 Å². The molecule has 0 heterocycles. The largest absolute Gasteiger partial charge is 0.394 e. The molecule has 1 atom stereocenters. The highest BCUT2D eigenvalue weighted by Crippen LogP contribution is 2.24. The van der Waals surface area contributed by atoms with Crippen LogP contribution in [0.25, 0.3) is 0 Å². The number of benzene rings is 1. The highest BCUT2D eigenvalue weighted by Gasteiger charge is 2.31. The van der Waals surface area contributed by atoms with E-state index in [2.05, 4.69) is 5.32 Å². The maximum absolute atomic E-state index is 12.1. The van der Waals surface area contributed by atoms with E-state index >= 15 is 0 Å². The van der Waals surface area contributed by atoms with Crippen molar-refractivity contribution in [2.24, 2.45) is 0 Å². The normalized spacial score (nSPS) is 13.1. The number of hydrogen-bond acceptors (Lipinski definition) is 4. The van der Waals surface area contributed by atoms with Crippen LogP contribution in [0.3, 0.4) is 0 Å². The summed E-state index contributed by atoms with van der Waals surface area (Å²) >= 11 is 0. The van der Waals surface area contributed by atoms with Crippen LogP contribution in [-0.2, 0) is 0 Å². The standard InChI is InChI=1S/C10H11F3N2O3/c11-10(12,13)5-8(6-16)14-7-1-3-9(4-2-7)15(17)18/h1-4,8,14,16H,5-6H2/t8-/m1/s1. The molecule has 0 bridgehead atoms. The van der Waals surface area contributed by atoms with Gasteiger partial charge in [0.1, 0.15) is 0 Å². The van der Waals surface area contributed by atoms with Crippen molar-refractivity contribution in [2.45, 2.75) is 18.6 Å². The Labute approximate surface area is 100 Å². The summed E-state index contributed by atoms with van der Waals surface area (Å²) in [5.41, 5.74) is 0.126. The molecular formula is C10H11F3N2O3. The van der Waals surface area contributed by atoms with E-state index in [4.69, 9.17) is 5.11 Å². The molecular weight excluding hydrogens is 253 g/mol. The van der Waals surface area contributed by atoms with E-state index in [0.29, 0.717) is 0 Å². The monoisotopic (exact) mass is 264 g/mol. The summed E-state index contributed by atoms with van der Waals surface area (Å²) in [6.07, 6.45) is -5.57. The van der Waals surface area contributed by atoms with Crippen LogP contribution in [0.5, 0.6) is 0 Å². The summed E-state index contributed by atoms with van der Waals surface area (Å²) in [4.78, 5) is 9.77. The summed E-state index contributed by atoms with van der Waals surface area (Å²) in [6, 6.07) is 3.75. The van der Waals surface area contributed by atoms with Crippen molar-refractivity contribution in [2.75, 3.05) is 11.9 Å². The molecule has 1 aromatic carbocycles. The molecule has 0 aliphatic heterocycles. The van der Waals surface area contributed by atoms with Gasteiger partial charge in [-0.25, -0.2) is 0 Å². The van der Waals surface area contributed by atoms with Gasteiger partial charge in [0.05, 0.1) is 24.0 Å². The zero-order valence-corrected chi connectivity index (χ0v) is 9.15. The predicted molar refractivity (Wildman–Crippen MR) is 58.3 cm³/mol. The lowest BCUT2D eigenvalue weighted by Crippen LogP contribution is -2.30. The molecule has 0 fully saturated rings. The van der Waals surface area contributed by atoms with Gasteiger partial charge in [-0.1, -0.05) is 0 Å². The molecule has 18 heavy (non-hydrogen) atoms. The first-order valence-electron chi connectivity index (χ1n) is 5.00. The number of aliphatic hydroxyl groups is 1. The average molecular weight is 264 g/mol. The Bertz CT molecular complexity index is 406. The number of anilines is 1. The van der Waals surface area contributed by atoms with Crippen LogP contribution in [-0.4, -0.2) is 28.9 Å². The molecule has 100 valence electrons. The number of non-ortho nitro benzene ring substituents is 1. The number of aliphatic hydroxyl groups excluding tert-OH is 1. The third kappa shape index (κ3) is 4.58. The molecule has 8 heteroatoms. The molecule has 5 nitrogen and oxygen atoms in total. The second-order valence-electron chi connectivity index (χ2n) is 3.65. The molecule has 0 aromatic heterocycles. The first-order chi connectivity index (χ1) is 8.31. The zero-order valence-electron chi connectivity index (χ0n) is 9.15. The lowest BCUT2D eigenvalue weighted by molar-refractivity contribution is -0.384. The van der Waals surface area contributed by atoms with Crippen LogP contribution in [0.1, 0.15) is 6.42 Å². The van der Waals surface area contributed by atoms with Crippen molar-refractivity contribution in [1.82, 2.24) is 0 Å². The molecule has 0 saturated carbocycles. The Balaban J connectivity index is 2.67. The molecule has 0 unspecified atom stereocenters. The van der Waals surface area contributed by atoms with Gasteiger partial charge in [0.15, 0.2) is 0 Å². The molecule has 0 aliphatic rings. The van der Waals surface area contributed by atoms with E-state index in [0.717, 1.165) is 0 Å². The number of halogens is 3. The number of nitrogens with zero attached hydrogens (tertiary/aromatic N) is 1. The fraction of sp³-hybridized carbons (Fsp3) is 0.400. The fourth-order valence-corrected chi connectivity index (χ4v) is 1.36. The summed E-state index contributed by atoms with van der Waals surface area (Å²) in [6.45, 7) is -0.684. The van der Waals surface area contributed by atoms with E-state index in [-0.39, 0.29) is 11.4 Å². The van der Waals surface area contributed by atoms with Gasteiger partial charge in [-0.3, -0.25) is 10.1 Å². The van der Waals surface area contributed by atoms with E-state index in [1.54, 1.807) is 0 Å². The number of nitro benzene ring substituents is 1. The van der Waals surface area contributed by atoms with E-state index < -0.39 is 30.2 Å². The predicted octanol–water partition coefficient (Wildman–Crippen LogP) is 2.32. The van der Waals surface area contributed by atoms with Crippen molar-refractivity contribution in [3.8, 4) is 0 Å². The third-order valence-electron chi connectivity index (χ3n) is 2.15. The minimum absolute atomic E-state index is 0.156. The fourth-order valence-electron chi connectivity index (χ4n) is 1.36. The smallest absolute Gasteiger partial charge is 0.391 e. The first kappa shape index (κ1) is 14.2. The van der Waals surface area contributed by atoms with E-state index in [1.807, 2.05) is 0 Å². The Kier molecular flexibility index (Phi) is 4.49. The topological polar surface area (TPSA) is 75.4 Å². The van der Waals surface area contributed by atoms with Gasteiger partial charge in [-0.15, -0.1) is 0 Å². The van der Waals surface area contributed by atoms with Gasteiger partial charge in [0.2, 0.25) is 0 Å². The minimum atomic E-state index is -4.39. The third-order valence-corrected chi connectivity index (χ3v) is 2.15. The van der Waals surface area contributed by atoms with Crippen molar-refractivity contribution in [3.63, 3.8) is 0 Å². The van der Waals surface area contributed by atoms with Crippen molar-refractivity contribution in [1.29, 1.82) is 0 Å². The lowest BCUT2D eigenvalue weighted by atomic mass is 10.2. The Morgan fingerprint density at radius 2 is 1.89 bits per heavy atom. The van der Waals surface area contributed by atoms with Gasteiger partial charge >= 0.3 is 6.18 Å². The summed E-state index contributed by atoms with van der Waals surface area (Å²) in [5, 5.41) is 21.7. The summed E-state index contributed by atoms with van der Waals surface area (Å²) in [7, 11) is 0. The number of alkyl halides is 3. The second-order valence-corrected chi connectivity index (χ2v) is 3.65. The Morgan fingerprint density at radius 1 is 1.33 bits per heavy atom. The molecule has 0 aliphatic carbocycles. The van der Waals surface area contributed by atoms with Crippen LogP contribution >= 0.6 is 0 Å². The lowest BCUT2D eigenvalue weighted by Gasteiger charge is -2.18. The van der Waals surface area contributed by atoms with E-state index in [1.165, 1.54) is 24.3 Å². The van der Waals surface area contributed by atoms with Gasteiger partial charge in [0, 0.05) is 17.8 Å². The highest BCUT2D eigenvalue weighted by molar-refractivity contribution is 5.49. The van der Waals surface area contributed by atoms with Crippen LogP contribution in [0.2, 0.25) is 0 Å². The molecule has 0 saturated heterocycles. The highest BCUT2D eigenvalue weighted by atomic mass is 19.4. The number of hydrogen-bond donors (Lipinski definition) is 2. The first-order valence-corrected chi connectivity index (χ1v) is 5.00. The summed E-state index contributed by atoms with van der Waals surface area (Å²) in [5.74, 6) is 0. The Hall–Kier alpha value is -1.83. The van der Waals surface area contributed by atoms with Crippen LogP contribution in [0.4, 0.5) is 24.5 Å². The molecule has 0 spiro atoms. The van der Waals surface area contributed by atoms with Crippen molar-refractivity contribution < 1.29 is 23.2 Å². The average Bonchev–Trinajstić information content (AvgIpc) is 2.27. The summed E-state index contributed by atoms with van der Waals surface area (Å²) < 4.78 is 36.4. The molecule has 2 N–H and O–H groups in total. The van der Waals surface area contributed by atoms with Crippen LogP contribution in [0, 0.1) is 10.1 Å². The second kappa shape index (κ2) is 5.67. The van der Waals surface area contributed by atoms with Gasteiger partial charge in [0.25, 0.3) is 5.69 Å². The SMILES string of the molecule is O=[N+]([O-])c1ccc(N[C@@H](CO)CC(F)(F)F)cc1. The number of nitrogens with one attached hydrogen (secondary N) is 1. The quantitative estimate of drug-likeness (QED) is 0.632. The number of nitro groups is 1. The van der Waals surface area contributed by atoms with Crippen LogP contribution < -0.4 is 5.32 Å². The minimum Gasteiger partial charge on any atom is -0.394 e. The molecule has 1 aromatic rings. The van der Waals surface area contributed by atoms with E-state index in [9.17, 15) is 23.3 Å². The van der Waals surface area contributed by atoms with Crippen molar-refractivity contribution in [3.05, 3.63) is 34.4 Å². The Morgan fingerprint density at radius 3 is 2.28 bits per heavy atom.